The lowest BCUT2D eigenvalue weighted by Gasteiger charge is -2.29. The molecule has 6 nitrogen and oxygen atoms in total. The number of halogens is 2. The number of ether oxygens (including phenoxy) is 1. The Morgan fingerprint density at radius 2 is 1.79 bits per heavy atom. The van der Waals surface area contributed by atoms with Crippen LogP contribution in [0.15, 0.2) is 18.2 Å². The van der Waals surface area contributed by atoms with Crippen molar-refractivity contribution in [2.45, 2.75) is 45.8 Å². The third-order valence-corrected chi connectivity index (χ3v) is 5.72. The van der Waals surface area contributed by atoms with Crippen molar-refractivity contribution >= 4 is 29.3 Å². The molecule has 1 heterocycles. The zero-order valence-electron chi connectivity index (χ0n) is 17.3. The van der Waals surface area contributed by atoms with Gasteiger partial charge in [-0.1, -0.05) is 23.7 Å². The van der Waals surface area contributed by atoms with Crippen LogP contribution in [0.4, 0.5) is 9.18 Å². The van der Waals surface area contributed by atoms with Gasteiger partial charge in [0, 0.05) is 24.6 Å². The predicted octanol–water partition coefficient (Wildman–Crippen LogP) is 3.85. The number of carbonyl (C=O) groups excluding carboxylic acids is 2. The maximum atomic E-state index is 14.3. The molecule has 1 unspecified atom stereocenters. The molecule has 1 aliphatic carbocycles. The Bertz CT molecular complexity index is 853. The molecule has 2 N–H and O–H groups in total. The molecule has 3 atom stereocenters. The molecule has 2 fully saturated rings. The van der Waals surface area contributed by atoms with Gasteiger partial charge in [-0.2, -0.15) is 0 Å². The Hall–Kier alpha value is -2.15. The molecule has 2 aliphatic rings. The lowest BCUT2D eigenvalue weighted by molar-refractivity contribution is -0.124. The average Bonchev–Trinajstić information content (AvgIpc) is 3.09. The van der Waals surface area contributed by atoms with Crippen LogP contribution in [0, 0.1) is 29.0 Å². The minimum absolute atomic E-state index is 0.0490. The second-order valence-corrected chi connectivity index (χ2v) is 9.74. The largest absolute Gasteiger partial charge is 0.444 e. The van der Waals surface area contributed by atoms with Crippen LogP contribution in [0.25, 0.3) is 0 Å². The first-order valence-corrected chi connectivity index (χ1v) is 10.0. The van der Waals surface area contributed by atoms with Gasteiger partial charge < -0.3 is 20.4 Å². The quantitative estimate of drug-likeness (QED) is 0.721. The second-order valence-electron chi connectivity index (χ2n) is 9.33. The van der Waals surface area contributed by atoms with Gasteiger partial charge in [0.15, 0.2) is 5.82 Å². The zero-order valence-corrected chi connectivity index (χ0v) is 18.1. The average molecular weight is 424 g/mol. The molecule has 0 spiro atoms. The van der Waals surface area contributed by atoms with E-state index in [-0.39, 0.29) is 46.1 Å². The molecule has 1 aromatic carbocycles. The van der Waals surface area contributed by atoms with Gasteiger partial charge in [0.2, 0.25) is 5.91 Å². The molecule has 2 amide bonds. The number of piperidine rings is 1. The summed E-state index contributed by atoms with van der Waals surface area (Å²) in [6.07, 6.45) is -0.359. The number of fused-ring (bicyclic) bond motifs is 1. The first kappa shape index (κ1) is 21.6. The minimum Gasteiger partial charge on any atom is -0.444 e. The van der Waals surface area contributed by atoms with E-state index in [1.165, 1.54) is 12.1 Å². The maximum absolute atomic E-state index is 14.3. The van der Waals surface area contributed by atoms with Crippen LogP contribution in [0.3, 0.4) is 0 Å². The highest BCUT2D eigenvalue weighted by Crippen LogP contribution is 2.52. The number of nitrogens with zero attached hydrogens (tertiary/aromatic N) is 1. The van der Waals surface area contributed by atoms with Gasteiger partial charge in [-0.3, -0.25) is 4.79 Å². The Kier molecular flexibility index (Phi) is 5.41. The van der Waals surface area contributed by atoms with Crippen molar-refractivity contribution in [3.05, 3.63) is 34.6 Å². The fraction of sp³-hybridized carbons (Fsp3) is 0.571. The van der Waals surface area contributed by atoms with Gasteiger partial charge >= 0.3 is 6.09 Å². The number of amides is 2. The molecule has 1 aromatic rings. The number of rotatable bonds is 4. The standard InChI is InChI=1S/C21H27ClFN3O3/c1-20(2,3)29-19(28)26-9-12-13(10-26)15(12)18(27)25-21(4,5)17(24)11-7-6-8-14(22)16(11)23/h6-8,12-13,15,24H,9-10H2,1-5H3,(H,25,27)/t12-,13+,15?. The molecule has 0 bridgehead atoms. The Labute approximate surface area is 175 Å². The van der Waals surface area contributed by atoms with Crippen LogP contribution in [0.5, 0.6) is 0 Å². The van der Waals surface area contributed by atoms with E-state index >= 15 is 0 Å². The molecule has 0 aromatic heterocycles. The summed E-state index contributed by atoms with van der Waals surface area (Å²) in [5.41, 5.74) is -1.60. The van der Waals surface area contributed by atoms with Gasteiger partial charge in [0.1, 0.15) is 5.60 Å². The summed E-state index contributed by atoms with van der Waals surface area (Å²) in [5, 5.41) is 11.2. The minimum atomic E-state index is -1.07. The normalized spacial score (nSPS) is 23.4. The molecular formula is C21H27ClFN3O3. The number of hydrogen-bond acceptors (Lipinski definition) is 4. The Balaban J connectivity index is 1.59. The summed E-state index contributed by atoms with van der Waals surface area (Å²) in [6.45, 7) is 9.75. The van der Waals surface area contributed by atoms with Crippen molar-refractivity contribution in [1.82, 2.24) is 10.2 Å². The summed E-state index contributed by atoms with van der Waals surface area (Å²) in [7, 11) is 0. The van der Waals surface area contributed by atoms with E-state index in [0.29, 0.717) is 13.1 Å². The van der Waals surface area contributed by atoms with E-state index in [1.54, 1.807) is 24.8 Å². The van der Waals surface area contributed by atoms with Crippen molar-refractivity contribution in [2.75, 3.05) is 13.1 Å². The van der Waals surface area contributed by atoms with Crippen LogP contribution < -0.4 is 5.32 Å². The number of benzene rings is 1. The summed E-state index contributed by atoms with van der Waals surface area (Å²) < 4.78 is 19.7. The van der Waals surface area contributed by atoms with Gasteiger partial charge in [0.05, 0.1) is 16.3 Å². The van der Waals surface area contributed by atoms with Gasteiger partial charge in [-0.25, -0.2) is 9.18 Å². The van der Waals surface area contributed by atoms with Crippen LogP contribution >= 0.6 is 11.6 Å². The predicted molar refractivity (Wildman–Crippen MR) is 109 cm³/mol. The highest BCUT2D eigenvalue weighted by atomic mass is 35.5. The molecule has 1 saturated heterocycles. The van der Waals surface area contributed by atoms with Crippen molar-refractivity contribution in [3.63, 3.8) is 0 Å². The van der Waals surface area contributed by atoms with Gasteiger partial charge in [0.25, 0.3) is 0 Å². The van der Waals surface area contributed by atoms with Crippen LogP contribution in [-0.2, 0) is 9.53 Å². The summed E-state index contributed by atoms with van der Waals surface area (Å²) in [6, 6.07) is 4.47. The summed E-state index contributed by atoms with van der Waals surface area (Å²) in [5.74, 6) is -0.866. The number of carbonyl (C=O) groups is 2. The highest BCUT2D eigenvalue weighted by Gasteiger charge is 2.61. The topological polar surface area (TPSA) is 82.5 Å². The zero-order chi connectivity index (χ0) is 21.7. The lowest BCUT2D eigenvalue weighted by atomic mass is 9.91. The number of likely N-dealkylation sites (tertiary alicyclic amines) is 1. The Morgan fingerprint density at radius 1 is 1.21 bits per heavy atom. The number of nitrogens with one attached hydrogen (secondary N) is 2. The van der Waals surface area contributed by atoms with Crippen molar-refractivity contribution in [3.8, 4) is 0 Å². The van der Waals surface area contributed by atoms with Gasteiger partial charge in [-0.15, -0.1) is 0 Å². The van der Waals surface area contributed by atoms with E-state index in [2.05, 4.69) is 5.32 Å². The van der Waals surface area contributed by atoms with Crippen molar-refractivity contribution in [1.29, 1.82) is 5.41 Å². The molecule has 3 rings (SSSR count). The van der Waals surface area contributed by atoms with Crippen LogP contribution in [0.1, 0.15) is 40.2 Å². The van der Waals surface area contributed by atoms with Crippen LogP contribution in [-0.4, -0.2) is 46.8 Å². The van der Waals surface area contributed by atoms with E-state index in [9.17, 15) is 14.0 Å². The maximum Gasteiger partial charge on any atom is 0.410 e. The summed E-state index contributed by atoms with van der Waals surface area (Å²) >= 11 is 5.82. The van der Waals surface area contributed by atoms with Crippen molar-refractivity contribution < 1.29 is 18.7 Å². The van der Waals surface area contributed by atoms with E-state index in [4.69, 9.17) is 21.7 Å². The molecule has 158 valence electrons. The first-order valence-electron chi connectivity index (χ1n) is 9.65. The first-order chi connectivity index (χ1) is 13.3. The fourth-order valence-corrected chi connectivity index (χ4v) is 4.05. The third-order valence-electron chi connectivity index (χ3n) is 5.43. The van der Waals surface area contributed by atoms with E-state index in [1.807, 2.05) is 20.8 Å². The molecule has 29 heavy (non-hydrogen) atoms. The fourth-order valence-electron chi connectivity index (χ4n) is 3.88. The monoisotopic (exact) mass is 423 g/mol. The van der Waals surface area contributed by atoms with E-state index in [0.717, 1.165) is 0 Å². The Morgan fingerprint density at radius 3 is 2.34 bits per heavy atom. The molecule has 1 saturated carbocycles. The molecular weight excluding hydrogens is 397 g/mol. The number of hydrogen-bond donors (Lipinski definition) is 2. The summed E-state index contributed by atoms with van der Waals surface area (Å²) in [4.78, 5) is 26.6. The molecule has 1 aliphatic heterocycles. The molecule has 8 heteroatoms. The highest BCUT2D eigenvalue weighted by molar-refractivity contribution is 6.31. The smallest absolute Gasteiger partial charge is 0.410 e. The molecule has 0 radical (unpaired) electrons. The van der Waals surface area contributed by atoms with E-state index < -0.39 is 17.0 Å². The lowest BCUT2D eigenvalue weighted by Crippen LogP contribution is -2.51. The van der Waals surface area contributed by atoms with Crippen molar-refractivity contribution in [2.24, 2.45) is 17.8 Å². The third kappa shape index (κ3) is 4.39. The second kappa shape index (κ2) is 7.27. The van der Waals surface area contributed by atoms with Gasteiger partial charge in [-0.05, 0) is 52.5 Å². The SMILES string of the molecule is CC(C)(C)OC(=O)N1C[C@@H]2C(C(=O)NC(C)(C)C(=N)c3cccc(Cl)c3F)[C@@H]2C1. The van der Waals surface area contributed by atoms with Crippen LogP contribution in [0.2, 0.25) is 5.02 Å².